The zero-order valence-corrected chi connectivity index (χ0v) is 10.2. The number of allylic oxidation sites excluding steroid dienone is 4. The lowest BCUT2D eigenvalue weighted by Gasteiger charge is -2.05. The molecule has 1 aromatic carbocycles. The van der Waals surface area contributed by atoms with E-state index in [4.69, 9.17) is 0 Å². The maximum absolute atomic E-state index is 4.38. The first kappa shape index (κ1) is 11.0. The molecule has 2 aromatic rings. The molecule has 0 bridgehead atoms. The second-order valence-electron chi connectivity index (χ2n) is 4.56. The zero-order chi connectivity index (χ0) is 12.2. The van der Waals surface area contributed by atoms with Gasteiger partial charge in [-0.3, -0.25) is 4.98 Å². The van der Waals surface area contributed by atoms with E-state index in [1.54, 1.807) is 0 Å². The van der Waals surface area contributed by atoms with Gasteiger partial charge in [-0.05, 0) is 29.7 Å². The van der Waals surface area contributed by atoms with Crippen LogP contribution in [0, 0.1) is 0 Å². The van der Waals surface area contributed by atoms with Crippen LogP contribution in [0.3, 0.4) is 0 Å². The van der Waals surface area contributed by atoms with Crippen LogP contribution in [0.25, 0.3) is 5.57 Å². The van der Waals surface area contributed by atoms with Crippen molar-refractivity contribution >= 4 is 5.57 Å². The lowest BCUT2D eigenvalue weighted by molar-refractivity contribution is 1.02. The van der Waals surface area contributed by atoms with Gasteiger partial charge in [-0.25, -0.2) is 0 Å². The molecular weight excluding hydrogens is 218 g/mol. The molecule has 0 saturated carbocycles. The van der Waals surface area contributed by atoms with Gasteiger partial charge >= 0.3 is 0 Å². The first-order chi connectivity index (χ1) is 8.92. The average molecular weight is 233 g/mol. The predicted octanol–water partition coefficient (Wildman–Crippen LogP) is 4.04. The summed E-state index contributed by atoms with van der Waals surface area (Å²) >= 11 is 0. The molecule has 0 fully saturated rings. The Hall–Kier alpha value is -2.15. The minimum atomic E-state index is 0.952. The summed E-state index contributed by atoms with van der Waals surface area (Å²) in [5.41, 5.74) is 5.31. The Morgan fingerprint density at radius 3 is 2.50 bits per heavy atom. The van der Waals surface area contributed by atoms with E-state index in [1.165, 1.54) is 16.7 Å². The highest BCUT2D eigenvalue weighted by Gasteiger charge is 2.10. The summed E-state index contributed by atoms with van der Waals surface area (Å²) in [6, 6.07) is 16.7. The van der Waals surface area contributed by atoms with Gasteiger partial charge in [0.15, 0.2) is 0 Å². The van der Waals surface area contributed by atoms with Gasteiger partial charge in [-0.1, -0.05) is 54.1 Å². The van der Waals surface area contributed by atoms with Gasteiger partial charge in [0.05, 0.1) is 0 Å². The second kappa shape index (κ2) is 5.01. The lowest BCUT2D eigenvalue weighted by Crippen LogP contribution is -1.92. The number of aromatic nitrogens is 1. The molecular formula is C17H15N. The fourth-order valence-electron chi connectivity index (χ4n) is 2.29. The molecule has 18 heavy (non-hydrogen) atoms. The molecule has 0 aliphatic heterocycles. The van der Waals surface area contributed by atoms with Gasteiger partial charge in [0.25, 0.3) is 0 Å². The van der Waals surface area contributed by atoms with Crippen LogP contribution in [-0.4, -0.2) is 4.98 Å². The van der Waals surface area contributed by atoms with Crippen LogP contribution in [0.15, 0.2) is 72.5 Å². The first-order valence-electron chi connectivity index (χ1n) is 6.26. The Bertz CT molecular complexity index is 580. The van der Waals surface area contributed by atoms with Crippen LogP contribution in [0.5, 0.6) is 0 Å². The minimum absolute atomic E-state index is 0.952. The molecule has 1 heteroatoms. The van der Waals surface area contributed by atoms with Crippen molar-refractivity contribution < 1.29 is 0 Å². The van der Waals surface area contributed by atoms with Gasteiger partial charge in [0.2, 0.25) is 0 Å². The van der Waals surface area contributed by atoms with E-state index in [0.29, 0.717) is 0 Å². The topological polar surface area (TPSA) is 12.9 Å². The van der Waals surface area contributed by atoms with Crippen LogP contribution < -0.4 is 0 Å². The number of nitrogens with zero attached hydrogens (tertiary/aromatic N) is 1. The van der Waals surface area contributed by atoms with E-state index in [-0.39, 0.29) is 0 Å². The molecule has 0 atom stereocenters. The third kappa shape index (κ3) is 2.40. The Kier molecular flexibility index (Phi) is 3.05. The standard InChI is InChI=1S/C17H15N/c1-2-6-15(7-3-1)16-10-9-14(12-16)13-17-8-4-5-11-18-17/h1-11H,12-13H2. The summed E-state index contributed by atoms with van der Waals surface area (Å²) in [6.45, 7) is 0. The van der Waals surface area contributed by atoms with E-state index in [0.717, 1.165) is 18.5 Å². The fourth-order valence-corrected chi connectivity index (χ4v) is 2.29. The molecule has 0 N–H and O–H groups in total. The second-order valence-corrected chi connectivity index (χ2v) is 4.56. The molecule has 3 rings (SSSR count). The van der Waals surface area contributed by atoms with Gasteiger partial charge < -0.3 is 0 Å². The van der Waals surface area contributed by atoms with Crippen molar-refractivity contribution in [2.75, 3.05) is 0 Å². The van der Waals surface area contributed by atoms with E-state index >= 15 is 0 Å². The largest absolute Gasteiger partial charge is 0.261 e. The van der Waals surface area contributed by atoms with Crippen LogP contribution in [0.1, 0.15) is 17.7 Å². The normalized spacial score (nSPS) is 14.2. The number of pyridine rings is 1. The highest BCUT2D eigenvalue weighted by molar-refractivity contribution is 5.72. The van der Waals surface area contributed by atoms with Crippen molar-refractivity contribution in [1.82, 2.24) is 4.98 Å². The SMILES string of the molecule is C1=C(Cc2ccccn2)CC(c2ccccc2)=C1. The van der Waals surface area contributed by atoms with Gasteiger partial charge in [-0.2, -0.15) is 0 Å². The monoisotopic (exact) mass is 233 g/mol. The molecule has 88 valence electrons. The van der Waals surface area contributed by atoms with E-state index in [2.05, 4.69) is 53.5 Å². The van der Waals surface area contributed by atoms with Crippen molar-refractivity contribution in [3.63, 3.8) is 0 Å². The number of hydrogen-bond donors (Lipinski definition) is 0. The van der Waals surface area contributed by atoms with Gasteiger partial charge in [-0.15, -0.1) is 0 Å². The maximum atomic E-state index is 4.38. The number of rotatable bonds is 3. The molecule has 1 aromatic heterocycles. The van der Waals surface area contributed by atoms with Gasteiger partial charge in [0.1, 0.15) is 0 Å². The smallest absolute Gasteiger partial charge is 0.0444 e. The third-order valence-electron chi connectivity index (χ3n) is 3.22. The third-order valence-corrected chi connectivity index (χ3v) is 3.22. The summed E-state index contributed by atoms with van der Waals surface area (Å²) in [4.78, 5) is 4.38. The van der Waals surface area contributed by atoms with E-state index < -0.39 is 0 Å². The quantitative estimate of drug-likeness (QED) is 0.779. The Balaban J connectivity index is 1.68. The minimum Gasteiger partial charge on any atom is -0.261 e. The molecule has 1 aliphatic rings. The summed E-state index contributed by atoms with van der Waals surface area (Å²) in [6.07, 6.45) is 8.31. The van der Waals surface area contributed by atoms with Crippen LogP contribution in [-0.2, 0) is 6.42 Å². The van der Waals surface area contributed by atoms with Crippen molar-refractivity contribution in [3.8, 4) is 0 Å². The van der Waals surface area contributed by atoms with Crippen LogP contribution in [0.4, 0.5) is 0 Å². The average Bonchev–Trinajstić information content (AvgIpc) is 2.89. The van der Waals surface area contributed by atoms with E-state index in [9.17, 15) is 0 Å². The molecule has 1 heterocycles. The highest BCUT2D eigenvalue weighted by Crippen LogP contribution is 2.29. The van der Waals surface area contributed by atoms with Gasteiger partial charge in [0, 0.05) is 18.3 Å². The fraction of sp³-hybridized carbons (Fsp3) is 0.118. The van der Waals surface area contributed by atoms with Crippen molar-refractivity contribution in [2.24, 2.45) is 0 Å². The molecule has 1 nitrogen and oxygen atoms in total. The molecule has 0 spiro atoms. The molecule has 0 amide bonds. The Morgan fingerprint density at radius 1 is 0.889 bits per heavy atom. The maximum Gasteiger partial charge on any atom is 0.0444 e. The van der Waals surface area contributed by atoms with E-state index in [1.807, 2.05) is 18.3 Å². The predicted molar refractivity (Wildman–Crippen MR) is 75.1 cm³/mol. The lowest BCUT2D eigenvalue weighted by atomic mass is 10.0. The van der Waals surface area contributed by atoms with Crippen molar-refractivity contribution in [1.29, 1.82) is 0 Å². The summed E-state index contributed by atoms with van der Waals surface area (Å²) in [7, 11) is 0. The van der Waals surface area contributed by atoms with Crippen molar-refractivity contribution in [3.05, 3.63) is 83.7 Å². The zero-order valence-electron chi connectivity index (χ0n) is 10.2. The summed E-state index contributed by atoms with van der Waals surface area (Å²) in [5.74, 6) is 0. The number of hydrogen-bond acceptors (Lipinski definition) is 1. The number of benzene rings is 1. The summed E-state index contributed by atoms with van der Waals surface area (Å²) < 4.78 is 0. The summed E-state index contributed by atoms with van der Waals surface area (Å²) in [5, 5.41) is 0. The Morgan fingerprint density at radius 2 is 1.72 bits per heavy atom. The molecule has 0 unspecified atom stereocenters. The first-order valence-corrected chi connectivity index (χ1v) is 6.26. The van der Waals surface area contributed by atoms with Crippen LogP contribution in [0.2, 0.25) is 0 Å². The van der Waals surface area contributed by atoms with Crippen molar-refractivity contribution in [2.45, 2.75) is 12.8 Å². The molecule has 1 aliphatic carbocycles. The molecule has 0 radical (unpaired) electrons. The highest BCUT2D eigenvalue weighted by atomic mass is 14.7. The van der Waals surface area contributed by atoms with Crippen LogP contribution >= 0.6 is 0 Å². The molecule has 0 saturated heterocycles. The Labute approximate surface area is 108 Å².